The van der Waals surface area contributed by atoms with Crippen molar-refractivity contribution in [3.8, 4) is 22.9 Å². The lowest BCUT2D eigenvalue weighted by molar-refractivity contribution is -0.385. The number of nitrogens with zero attached hydrogens (tertiary/aromatic N) is 5. The van der Waals surface area contributed by atoms with Gasteiger partial charge in [-0.05, 0) is 18.4 Å². The molecule has 0 N–H and O–H groups in total. The van der Waals surface area contributed by atoms with Gasteiger partial charge in [-0.1, -0.05) is 30.0 Å². The van der Waals surface area contributed by atoms with E-state index < -0.39 is 11.2 Å². The van der Waals surface area contributed by atoms with Crippen molar-refractivity contribution in [2.24, 2.45) is 0 Å². The summed E-state index contributed by atoms with van der Waals surface area (Å²) in [6.45, 7) is 1.39. The number of hydrogen-bond acceptors (Lipinski definition) is 9. The van der Waals surface area contributed by atoms with Crippen LogP contribution in [0.3, 0.4) is 0 Å². The molecule has 0 unspecified atom stereocenters. The van der Waals surface area contributed by atoms with E-state index in [1.165, 1.54) is 48.9 Å². The number of aromatic nitrogens is 3. The number of thioether (sulfide) groups is 1. The fraction of sp³-hybridized carbons (Fsp3) is 0.200. The van der Waals surface area contributed by atoms with E-state index in [0.717, 1.165) is 0 Å². The molecule has 10 nitrogen and oxygen atoms in total. The molecule has 0 aliphatic carbocycles. The van der Waals surface area contributed by atoms with Crippen molar-refractivity contribution in [1.29, 1.82) is 0 Å². The van der Waals surface area contributed by atoms with Crippen molar-refractivity contribution < 1.29 is 19.2 Å². The lowest BCUT2D eigenvalue weighted by atomic mass is 10.1. The van der Waals surface area contributed by atoms with Crippen molar-refractivity contribution in [2.45, 2.75) is 18.3 Å². The second-order valence-corrected chi connectivity index (χ2v) is 7.29. The smallest absolute Gasteiger partial charge is 0.270 e. The molecule has 0 fully saturated rings. The summed E-state index contributed by atoms with van der Waals surface area (Å²) in [5.74, 6) is 0.154. The van der Waals surface area contributed by atoms with Crippen LogP contribution in [-0.2, 0) is 4.79 Å². The highest BCUT2D eigenvalue weighted by molar-refractivity contribution is 7.98. The first-order valence-corrected chi connectivity index (χ1v) is 10.3. The molecule has 0 saturated carbocycles. The van der Waals surface area contributed by atoms with Crippen LogP contribution in [0.1, 0.15) is 18.7 Å². The number of ether oxygens (including phenoxy) is 2. The molecule has 11 heteroatoms. The highest BCUT2D eigenvalue weighted by Gasteiger charge is 2.36. The number of anilines is 1. The topological polar surface area (TPSA) is 121 Å². The Balaban J connectivity index is 2.01. The van der Waals surface area contributed by atoms with Crippen molar-refractivity contribution in [1.82, 2.24) is 15.2 Å². The number of para-hydroxylation sites is 1. The van der Waals surface area contributed by atoms with Gasteiger partial charge in [0.25, 0.3) is 5.69 Å². The molecular weight excluding hydrogens is 422 g/mol. The van der Waals surface area contributed by atoms with Crippen LogP contribution in [0.4, 0.5) is 11.4 Å². The van der Waals surface area contributed by atoms with Gasteiger partial charge in [0.2, 0.25) is 23.2 Å². The minimum atomic E-state index is -1.08. The van der Waals surface area contributed by atoms with Crippen LogP contribution in [0, 0.1) is 10.1 Å². The van der Waals surface area contributed by atoms with E-state index >= 15 is 0 Å². The maximum Gasteiger partial charge on any atom is 0.270 e. The molecule has 1 aromatic heterocycles. The van der Waals surface area contributed by atoms with E-state index in [1.54, 1.807) is 30.5 Å². The number of rotatable bonds is 4. The molecule has 158 valence electrons. The molecule has 0 spiro atoms. The van der Waals surface area contributed by atoms with E-state index in [2.05, 4.69) is 15.2 Å². The fourth-order valence-electron chi connectivity index (χ4n) is 3.37. The molecule has 0 bridgehead atoms. The Morgan fingerprint density at radius 3 is 2.71 bits per heavy atom. The third-order valence-electron chi connectivity index (χ3n) is 4.72. The van der Waals surface area contributed by atoms with E-state index in [9.17, 15) is 14.9 Å². The van der Waals surface area contributed by atoms with Gasteiger partial charge in [-0.2, -0.15) is 4.98 Å². The summed E-state index contributed by atoms with van der Waals surface area (Å²) in [5.41, 5.74) is 1.63. The Hall–Kier alpha value is -3.73. The lowest BCUT2D eigenvalue weighted by Crippen LogP contribution is -2.36. The second-order valence-electron chi connectivity index (χ2n) is 6.51. The van der Waals surface area contributed by atoms with Crippen molar-refractivity contribution >= 4 is 29.0 Å². The maximum atomic E-state index is 12.8. The highest BCUT2D eigenvalue weighted by atomic mass is 32.2. The Kier molecular flexibility index (Phi) is 5.42. The number of nitro benzene ring substituents is 1. The van der Waals surface area contributed by atoms with Crippen molar-refractivity contribution in [3.05, 3.63) is 58.1 Å². The van der Waals surface area contributed by atoms with Crippen LogP contribution in [0.2, 0.25) is 0 Å². The predicted octanol–water partition coefficient (Wildman–Crippen LogP) is 3.62. The van der Waals surface area contributed by atoms with E-state index in [4.69, 9.17) is 9.47 Å². The van der Waals surface area contributed by atoms with E-state index in [-0.39, 0.29) is 17.5 Å². The molecule has 1 amide bonds. The summed E-state index contributed by atoms with van der Waals surface area (Å²) in [4.78, 5) is 29.5. The van der Waals surface area contributed by atoms with Crippen LogP contribution in [0.5, 0.6) is 11.6 Å². The third kappa shape index (κ3) is 3.63. The Bertz CT molecular complexity index is 1190. The van der Waals surface area contributed by atoms with Crippen molar-refractivity contribution in [2.75, 3.05) is 18.3 Å². The maximum absolute atomic E-state index is 12.8. The summed E-state index contributed by atoms with van der Waals surface area (Å²) < 4.78 is 11.6. The summed E-state index contributed by atoms with van der Waals surface area (Å²) >= 11 is 1.29. The second kappa shape index (κ2) is 8.19. The average molecular weight is 439 g/mol. The molecule has 2 heterocycles. The standard InChI is InChI=1S/C20H17N5O5S/c1-11(26)24-15-7-5-4-6-13(15)17-18(21-20(31-3)23-22-17)30-19(24)14-10-12(25(27)28)8-9-16(14)29-2/h4-10,19H,1-3H3/t19-/m0/s1. The van der Waals surface area contributed by atoms with Gasteiger partial charge in [0.1, 0.15) is 5.75 Å². The molecule has 1 atom stereocenters. The van der Waals surface area contributed by atoms with E-state index in [0.29, 0.717) is 33.4 Å². The van der Waals surface area contributed by atoms with Gasteiger partial charge in [0.15, 0.2) is 5.69 Å². The van der Waals surface area contributed by atoms with Gasteiger partial charge in [0, 0.05) is 24.6 Å². The van der Waals surface area contributed by atoms with Gasteiger partial charge in [-0.15, -0.1) is 10.2 Å². The number of benzene rings is 2. The molecule has 2 aromatic carbocycles. The number of nitro groups is 1. The van der Waals surface area contributed by atoms with Crippen molar-refractivity contribution in [3.63, 3.8) is 0 Å². The number of methoxy groups -OCH3 is 1. The Morgan fingerprint density at radius 2 is 2.03 bits per heavy atom. The van der Waals surface area contributed by atoms with Gasteiger partial charge >= 0.3 is 0 Å². The van der Waals surface area contributed by atoms with Gasteiger partial charge in [0.05, 0.1) is 23.3 Å². The number of amides is 1. The molecule has 3 aromatic rings. The SMILES string of the molecule is COc1ccc([N+](=O)[O-])cc1[C@@H]1Oc2nc(SC)nnc2-c2ccccc2N1C(C)=O. The zero-order valence-corrected chi connectivity index (χ0v) is 17.6. The first kappa shape index (κ1) is 20.5. The zero-order valence-electron chi connectivity index (χ0n) is 16.8. The first-order chi connectivity index (χ1) is 14.9. The lowest BCUT2D eigenvalue weighted by Gasteiger charge is -2.30. The van der Waals surface area contributed by atoms with E-state index in [1.807, 2.05) is 0 Å². The first-order valence-electron chi connectivity index (χ1n) is 9.11. The molecule has 1 aliphatic rings. The van der Waals surface area contributed by atoms with Crippen LogP contribution >= 0.6 is 11.8 Å². The molecule has 0 radical (unpaired) electrons. The number of carbonyl (C=O) groups excluding carboxylic acids is 1. The van der Waals surface area contributed by atoms with Crippen LogP contribution in [0.15, 0.2) is 47.6 Å². The molecular formula is C20H17N5O5S. The van der Waals surface area contributed by atoms with Gasteiger partial charge in [-0.25, -0.2) is 0 Å². The number of fused-ring (bicyclic) bond motifs is 3. The minimum absolute atomic E-state index is 0.161. The summed E-state index contributed by atoms with van der Waals surface area (Å²) in [7, 11) is 1.44. The molecule has 4 rings (SSSR count). The Labute approximate surface area is 181 Å². The van der Waals surface area contributed by atoms with Crippen LogP contribution < -0.4 is 14.4 Å². The number of hydrogen-bond donors (Lipinski definition) is 0. The van der Waals surface area contributed by atoms with Gasteiger partial charge < -0.3 is 9.47 Å². The highest BCUT2D eigenvalue weighted by Crippen LogP contribution is 2.45. The quantitative estimate of drug-likeness (QED) is 0.341. The molecule has 1 aliphatic heterocycles. The number of carbonyl (C=O) groups is 1. The molecule has 0 saturated heterocycles. The predicted molar refractivity (Wildman–Crippen MR) is 113 cm³/mol. The molecule has 31 heavy (non-hydrogen) atoms. The normalized spacial score (nSPS) is 14.7. The number of non-ortho nitro benzene ring substituents is 1. The van der Waals surface area contributed by atoms with Crippen LogP contribution in [-0.4, -0.2) is 39.4 Å². The summed E-state index contributed by atoms with van der Waals surface area (Å²) in [5, 5.41) is 20.2. The monoisotopic (exact) mass is 439 g/mol. The minimum Gasteiger partial charge on any atom is -0.496 e. The summed E-state index contributed by atoms with van der Waals surface area (Å²) in [6.07, 6.45) is 0.720. The fourth-order valence-corrected chi connectivity index (χ4v) is 3.67. The van der Waals surface area contributed by atoms with Crippen LogP contribution in [0.25, 0.3) is 11.3 Å². The third-order valence-corrected chi connectivity index (χ3v) is 5.26. The van der Waals surface area contributed by atoms with Gasteiger partial charge in [-0.3, -0.25) is 19.8 Å². The largest absolute Gasteiger partial charge is 0.496 e. The summed E-state index contributed by atoms with van der Waals surface area (Å²) in [6, 6.07) is 11.2. The zero-order chi connectivity index (χ0) is 22.1. The Morgan fingerprint density at radius 1 is 1.26 bits per heavy atom. The average Bonchev–Trinajstić information content (AvgIpc) is 2.92.